The molecule has 0 amide bonds. The van der Waals surface area contributed by atoms with Crippen molar-refractivity contribution in [3.05, 3.63) is 76.9 Å². The van der Waals surface area contributed by atoms with Gasteiger partial charge in [0.05, 0.1) is 32.0 Å². The van der Waals surface area contributed by atoms with Crippen LogP contribution < -0.4 is 0 Å². The highest BCUT2D eigenvalue weighted by Gasteiger charge is 2.82. The number of carbonyl (C=O) groups excluding carboxylic acids is 1. The van der Waals surface area contributed by atoms with Crippen molar-refractivity contribution >= 4 is 28.6 Å². The molecule has 1 aliphatic carbocycles. The third kappa shape index (κ3) is 4.95. The summed E-state index contributed by atoms with van der Waals surface area (Å²) >= 11 is 0. The van der Waals surface area contributed by atoms with Gasteiger partial charge in [0.1, 0.15) is 17.7 Å². The van der Waals surface area contributed by atoms with E-state index in [0.29, 0.717) is 12.1 Å². The molecule has 0 N–H and O–H groups in total. The lowest BCUT2D eigenvalue weighted by molar-refractivity contribution is -0.398. The Kier molecular flexibility index (Phi) is 7.79. The number of esters is 1. The summed E-state index contributed by atoms with van der Waals surface area (Å²) in [7, 11) is 0. The van der Waals surface area contributed by atoms with Crippen molar-refractivity contribution in [3.63, 3.8) is 0 Å². The number of nitro groups is 3. The molecular weight excluding hydrogens is 633 g/mol. The van der Waals surface area contributed by atoms with Gasteiger partial charge >= 0.3 is 29.9 Å². The Morgan fingerprint density at radius 1 is 0.750 bits per heavy atom. The molecule has 2 aromatic carbocycles. The van der Waals surface area contributed by atoms with Crippen molar-refractivity contribution in [2.24, 2.45) is 0 Å². The largest absolute Gasteiger partial charge is 0.460 e. The molecule has 2 aromatic rings. The first kappa shape index (κ1) is 32.7. The van der Waals surface area contributed by atoms with Gasteiger partial charge in [0.15, 0.2) is 6.61 Å². The number of hydrogen-bond donors (Lipinski definition) is 0. The maximum absolute atomic E-state index is 14.0. The van der Waals surface area contributed by atoms with Crippen LogP contribution >= 0.6 is 0 Å². The first-order chi connectivity index (χ1) is 20.0. The minimum atomic E-state index is -7.36. The van der Waals surface area contributed by atoms with Gasteiger partial charge in [0.2, 0.25) is 0 Å². The van der Waals surface area contributed by atoms with Crippen molar-refractivity contribution in [2.45, 2.75) is 23.9 Å². The SMILES string of the molecule is N#CC(C#N)=C1c2cc([N+](=O)[O-])cc(C(=O)OCC(F)(F)C(F)(F)C(F)(F)C(F)(F)F)c2-c2c1cc([N+](=O)[O-])cc2[N+](=O)[O-]. The predicted molar refractivity (Wildman–Crippen MR) is 120 cm³/mol. The fraction of sp³-hybridized carbons (Fsp3) is 0.227. The second kappa shape index (κ2) is 10.5. The number of nitro benzene ring substituents is 3. The maximum Gasteiger partial charge on any atom is 0.460 e. The van der Waals surface area contributed by atoms with Gasteiger partial charge in [0, 0.05) is 40.5 Å². The molecule has 0 bridgehead atoms. The van der Waals surface area contributed by atoms with Gasteiger partial charge in [-0.25, -0.2) is 4.79 Å². The molecule has 0 fully saturated rings. The number of alkyl halides is 9. The minimum Gasteiger partial charge on any atom is -0.455 e. The topological polar surface area (TPSA) is 203 Å². The first-order valence-corrected chi connectivity index (χ1v) is 10.8. The second-order valence-electron chi connectivity index (χ2n) is 8.48. The van der Waals surface area contributed by atoms with Crippen molar-refractivity contribution in [3.8, 4) is 23.3 Å². The van der Waals surface area contributed by atoms with Gasteiger partial charge in [-0.15, -0.1) is 0 Å². The van der Waals surface area contributed by atoms with E-state index in [1.807, 2.05) is 0 Å². The number of nitriles is 2. The molecule has 0 atom stereocenters. The van der Waals surface area contributed by atoms with E-state index in [9.17, 15) is 85.2 Å². The van der Waals surface area contributed by atoms with Crippen LogP contribution in [0.4, 0.5) is 56.6 Å². The standard InChI is InChI=1S/C22H6F9N5O8/c23-19(24,20(25,26)21(27,28)22(29,30)31)7-44-18(37)13-3-9(34(38)39)1-11-15(8(5-32)6-33)12-2-10(35(40)41)4-14(36(42)43)17(12)16(11)13/h1-4H,7H2. The molecule has 0 saturated heterocycles. The van der Waals surface area contributed by atoms with Gasteiger partial charge in [0.25, 0.3) is 17.1 Å². The molecule has 0 heterocycles. The lowest BCUT2D eigenvalue weighted by Gasteiger charge is -2.33. The average Bonchev–Trinajstić information content (AvgIpc) is 3.24. The number of halogens is 9. The van der Waals surface area contributed by atoms with Crippen LogP contribution in [0.2, 0.25) is 0 Å². The summed E-state index contributed by atoms with van der Waals surface area (Å²) in [5.74, 6) is -23.4. The Bertz CT molecular complexity index is 1760. The molecule has 0 saturated carbocycles. The number of fused-ring (bicyclic) bond motifs is 3. The van der Waals surface area contributed by atoms with Crippen LogP contribution in [-0.4, -0.2) is 51.3 Å². The van der Waals surface area contributed by atoms with Gasteiger partial charge in [-0.2, -0.15) is 50.0 Å². The molecule has 3 rings (SSSR count). The molecule has 22 heteroatoms. The number of nitrogens with zero attached hydrogens (tertiary/aromatic N) is 5. The lowest BCUT2D eigenvalue weighted by atomic mass is 9.96. The highest BCUT2D eigenvalue weighted by atomic mass is 19.4. The smallest absolute Gasteiger partial charge is 0.455 e. The Morgan fingerprint density at radius 2 is 1.23 bits per heavy atom. The molecule has 0 spiro atoms. The number of allylic oxidation sites excluding steroid dienone is 1. The van der Waals surface area contributed by atoms with E-state index < -0.39 is 107 Å². The van der Waals surface area contributed by atoms with Crippen molar-refractivity contribution in [1.29, 1.82) is 10.5 Å². The summed E-state index contributed by atoms with van der Waals surface area (Å²) in [6.45, 7) is -3.19. The summed E-state index contributed by atoms with van der Waals surface area (Å²) in [4.78, 5) is 43.8. The first-order valence-electron chi connectivity index (χ1n) is 10.8. The van der Waals surface area contributed by atoms with E-state index in [4.69, 9.17) is 0 Å². The van der Waals surface area contributed by atoms with Crippen LogP contribution in [0.3, 0.4) is 0 Å². The monoisotopic (exact) mass is 639 g/mol. The van der Waals surface area contributed by atoms with Crippen LogP contribution in [0.25, 0.3) is 16.7 Å². The number of carbonyl (C=O) groups is 1. The van der Waals surface area contributed by atoms with E-state index in [2.05, 4.69) is 4.74 Å². The molecule has 1 aliphatic rings. The summed E-state index contributed by atoms with van der Waals surface area (Å²) < 4.78 is 123. The summed E-state index contributed by atoms with van der Waals surface area (Å²) in [6.07, 6.45) is -7.21. The molecule has 0 aliphatic heterocycles. The van der Waals surface area contributed by atoms with Gasteiger partial charge in [-0.1, -0.05) is 0 Å². The zero-order valence-electron chi connectivity index (χ0n) is 20.4. The molecule has 13 nitrogen and oxygen atoms in total. The molecule has 0 unspecified atom stereocenters. The maximum atomic E-state index is 14.0. The van der Waals surface area contributed by atoms with Crippen molar-refractivity contribution in [1.82, 2.24) is 0 Å². The van der Waals surface area contributed by atoms with Crippen LogP contribution in [-0.2, 0) is 4.74 Å². The van der Waals surface area contributed by atoms with Gasteiger partial charge in [-0.05, 0) is 0 Å². The highest BCUT2D eigenvalue weighted by Crippen LogP contribution is 2.55. The quantitative estimate of drug-likeness (QED) is 0.0943. The van der Waals surface area contributed by atoms with Crippen LogP contribution in [0.15, 0.2) is 29.8 Å². The zero-order valence-corrected chi connectivity index (χ0v) is 20.4. The summed E-state index contributed by atoms with van der Waals surface area (Å²) in [5.41, 5.74) is -10.1. The Morgan fingerprint density at radius 3 is 1.66 bits per heavy atom. The van der Waals surface area contributed by atoms with Crippen molar-refractivity contribution < 1.29 is 63.8 Å². The fourth-order valence-corrected chi connectivity index (χ4v) is 3.96. The van der Waals surface area contributed by atoms with E-state index in [1.165, 1.54) is 12.1 Å². The second-order valence-corrected chi connectivity index (χ2v) is 8.48. The summed E-state index contributed by atoms with van der Waals surface area (Å²) in [5, 5.41) is 53.6. The zero-order chi connectivity index (χ0) is 33.7. The molecular formula is C22H6F9N5O8. The van der Waals surface area contributed by atoms with Crippen LogP contribution in [0, 0.1) is 53.0 Å². The number of rotatable bonds is 8. The number of hydrogen-bond acceptors (Lipinski definition) is 10. The third-order valence-corrected chi connectivity index (χ3v) is 5.92. The van der Waals surface area contributed by atoms with Crippen LogP contribution in [0.1, 0.15) is 21.5 Å². The molecule has 230 valence electrons. The molecule has 0 radical (unpaired) electrons. The Balaban J connectivity index is 2.34. The minimum absolute atomic E-state index is 0.151. The van der Waals surface area contributed by atoms with Gasteiger partial charge in [-0.3, -0.25) is 30.3 Å². The van der Waals surface area contributed by atoms with E-state index in [1.54, 1.807) is 0 Å². The molecule has 44 heavy (non-hydrogen) atoms. The molecule has 0 aromatic heterocycles. The van der Waals surface area contributed by atoms with E-state index in [0.717, 1.165) is 0 Å². The van der Waals surface area contributed by atoms with Crippen molar-refractivity contribution in [2.75, 3.05) is 6.61 Å². The third-order valence-electron chi connectivity index (χ3n) is 5.92. The normalized spacial score (nSPS) is 12.8. The van der Waals surface area contributed by atoms with Crippen LogP contribution in [0.5, 0.6) is 0 Å². The van der Waals surface area contributed by atoms with Gasteiger partial charge < -0.3 is 4.74 Å². The summed E-state index contributed by atoms with van der Waals surface area (Å²) in [6, 6.07) is 4.06. The Hall–Kier alpha value is -5.80. The number of ether oxygens (including phenoxy) is 1. The number of benzene rings is 2. The predicted octanol–water partition coefficient (Wildman–Crippen LogP) is 5.87. The van der Waals surface area contributed by atoms with E-state index >= 15 is 0 Å². The fourth-order valence-electron chi connectivity index (χ4n) is 3.96. The Labute approximate surface area is 234 Å². The average molecular weight is 639 g/mol. The van der Waals surface area contributed by atoms with E-state index in [-0.39, 0.29) is 12.1 Å². The highest BCUT2D eigenvalue weighted by molar-refractivity contribution is 6.13. The number of non-ortho nitro benzene ring substituents is 2. The lowest BCUT2D eigenvalue weighted by Crippen LogP contribution is -2.62.